The summed E-state index contributed by atoms with van der Waals surface area (Å²) in [5.41, 5.74) is 0.783. The van der Waals surface area contributed by atoms with E-state index in [0.29, 0.717) is 5.89 Å². The SMILES string of the molecule is O=C(CSc1ccccc1)Nc1nnc(-c2cccc(Br)c2)o1. The van der Waals surface area contributed by atoms with Gasteiger partial charge < -0.3 is 4.42 Å². The Morgan fingerprint density at radius 1 is 1.13 bits per heavy atom. The zero-order valence-electron chi connectivity index (χ0n) is 11.9. The van der Waals surface area contributed by atoms with Gasteiger partial charge in [0.25, 0.3) is 0 Å². The van der Waals surface area contributed by atoms with Gasteiger partial charge in [0.1, 0.15) is 0 Å². The number of hydrogen-bond acceptors (Lipinski definition) is 5. The Labute approximate surface area is 145 Å². The van der Waals surface area contributed by atoms with Crippen molar-refractivity contribution < 1.29 is 9.21 Å². The molecule has 1 heterocycles. The first-order valence-electron chi connectivity index (χ1n) is 6.78. The number of hydrogen-bond donors (Lipinski definition) is 1. The monoisotopic (exact) mass is 389 g/mol. The van der Waals surface area contributed by atoms with Gasteiger partial charge >= 0.3 is 6.01 Å². The fourth-order valence-corrected chi connectivity index (χ4v) is 2.95. The highest BCUT2D eigenvalue weighted by molar-refractivity contribution is 9.10. The van der Waals surface area contributed by atoms with Crippen molar-refractivity contribution in [1.82, 2.24) is 10.2 Å². The first-order chi connectivity index (χ1) is 11.2. The molecule has 0 fully saturated rings. The second kappa shape index (κ2) is 7.43. The molecule has 0 aliphatic heterocycles. The van der Waals surface area contributed by atoms with Crippen molar-refractivity contribution in [3.63, 3.8) is 0 Å². The fourth-order valence-electron chi connectivity index (χ4n) is 1.83. The molecule has 7 heteroatoms. The lowest BCUT2D eigenvalue weighted by Gasteiger charge is -2.01. The molecule has 0 saturated carbocycles. The lowest BCUT2D eigenvalue weighted by molar-refractivity contribution is -0.113. The van der Waals surface area contributed by atoms with Crippen LogP contribution in [0.1, 0.15) is 0 Å². The molecule has 3 aromatic rings. The predicted molar refractivity (Wildman–Crippen MR) is 93.2 cm³/mol. The van der Waals surface area contributed by atoms with E-state index in [4.69, 9.17) is 4.42 Å². The number of nitrogens with one attached hydrogen (secondary N) is 1. The van der Waals surface area contributed by atoms with Crippen molar-refractivity contribution in [2.24, 2.45) is 0 Å². The number of aromatic nitrogens is 2. The van der Waals surface area contributed by atoms with E-state index in [1.807, 2.05) is 54.6 Å². The second-order valence-electron chi connectivity index (χ2n) is 4.57. The molecule has 5 nitrogen and oxygen atoms in total. The standard InChI is InChI=1S/C16H12BrN3O2S/c17-12-6-4-5-11(9-12)15-19-20-16(22-15)18-14(21)10-23-13-7-2-1-3-8-13/h1-9H,10H2,(H,18,20,21). The number of carbonyl (C=O) groups excluding carboxylic acids is 1. The Hall–Kier alpha value is -2.12. The van der Waals surface area contributed by atoms with E-state index in [1.54, 1.807) is 0 Å². The Morgan fingerprint density at radius 2 is 1.96 bits per heavy atom. The van der Waals surface area contributed by atoms with Crippen LogP contribution in [-0.4, -0.2) is 21.9 Å². The van der Waals surface area contributed by atoms with E-state index in [2.05, 4.69) is 31.4 Å². The molecule has 0 unspecified atom stereocenters. The average Bonchev–Trinajstić information content (AvgIpc) is 3.02. The van der Waals surface area contributed by atoms with Gasteiger partial charge in [-0.25, -0.2) is 0 Å². The van der Waals surface area contributed by atoms with Crippen LogP contribution in [0.3, 0.4) is 0 Å². The van der Waals surface area contributed by atoms with Gasteiger partial charge in [-0.2, -0.15) is 0 Å². The maximum atomic E-state index is 11.9. The summed E-state index contributed by atoms with van der Waals surface area (Å²) >= 11 is 4.83. The van der Waals surface area contributed by atoms with Crippen molar-refractivity contribution in [2.45, 2.75) is 4.90 Å². The number of rotatable bonds is 5. The van der Waals surface area contributed by atoms with Crippen molar-refractivity contribution in [2.75, 3.05) is 11.1 Å². The smallest absolute Gasteiger partial charge is 0.322 e. The van der Waals surface area contributed by atoms with Gasteiger partial charge in [0.2, 0.25) is 11.8 Å². The summed E-state index contributed by atoms with van der Waals surface area (Å²) in [7, 11) is 0. The molecule has 0 bridgehead atoms. The third-order valence-electron chi connectivity index (χ3n) is 2.86. The summed E-state index contributed by atoms with van der Waals surface area (Å²) in [5.74, 6) is 0.444. The number of amides is 1. The molecule has 23 heavy (non-hydrogen) atoms. The summed E-state index contributed by atoms with van der Waals surface area (Å²) < 4.78 is 6.38. The Kier molecular flexibility index (Phi) is 5.09. The van der Waals surface area contributed by atoms with E-state index in [1.165, 1.54) is 11.8 Å². The zero-order chi connectivity index (χ0) is 16.1. The van der Waals surface area contributed by atoms with Crippen LogP contribution in [0.25, 0.3) is 11.5 Å². The largest absolute Gasteiger partial charge is 0.403 e. The van der Waals surface area contributed by atoms with Crippen molar-refractivity contribution in [3.05, 3.63) is 59.1 Å². The van der Waals surface area contributed by atoms with Gasteiger partial charge in [-0.05, 0) is 30.3 Å². The summed E-state index contributed by atoms with van der Waals surface area (Å²) in [6.07, 6.45) is 0. The molecule has 0 aliphatic rings. The van der Waals surface area contributed by atoms with Crippen LogP contribution in [0.5, 0.6) is 0 Å². The number of nitrogens with zero attached hydrogens (tertiary/aromatic N) is 2. The Balaban J connectivity index is 1.59. The molecule has 0 radical (unpaired) electrons. The minimum Gasteiger partial charge on any atom is -0.403 e. The summed E-state index contributed by atoms with van der Waals surface area (Å²) in [6, 6.07) is 17.3. The van der Waals surface area contributed by atoms with Crippen LogP contribution >= 0.6 is 27.7 Å². The molecule has 2 aromatic carbocycles. The lowest BCUT2D eigenvalue weighted by Crippen LogP contribution is -2.14. The Morgan fingerprint density at radius 3 is 2.74 bits per heavy atom. The van der Waals surface area contributed by atoms with Crippen LogP contribution in [-0.2, 0) is 4.79 Å². The van der Waals surface area contributed by atoms with E-state index in [-0.39, 0.29) is 17.7 Å². The molecular weight excluding hydrogens is 378 g/mol. The molecular formula is C16H12BrN3O2S. The highest BCUT2D eigenvalue weighted by atomic mass is 79.9. The van der Waals surface area contributed by atoms with E-state index in [9.17, 15) is 4.79 Å². The normalized spacial score (nSPS) is 10.5. The van der Waals surface area contributed by atoms with Crippen molar-refractivity contribution >= 4 is 39.6 Å². The molecule has 0 atom stereocenters. The van der Waals surface area contributed by atoms with Gasteiger partial charge in [0.15, 0.2) is 0 Å². The van der Waals surface area contributed by atoms with Crippen LogP contribution in [0, 0.1) is 0 Å². The lowest BCUT2D eigenvalue weighted by atomic mass is 10.2. The maximum absolute atomic E-state index is 11.9. The van der Waals surface area contributed by atoms with Gasteiger partial charge in [-0.15, -0.1) is 16.9 Å². The Bertz CT molecular complexity index is 808. The van der Waals surface area contributed by atoms with Gasteiger partial charge in [0.05, 0.1) is 5.75 Å². The topological polar surface area (TPSA) is 68.0 Å². The van der Waals surface area contributed by atoms with Gasteiger partial charge in [0, 0.05) is 14.9 Å². The molecule has 1 aromatic heterocycles. The quantitative estimate of drug-likeness (QED) is 0.661. The van der Waals surface area contributed by atoms with E-state index in [0.717, 1.165) is 14.9 Å². The maximum Gasteiger partial charge on any atom is 0.322 e. The molecule has 0 saturated heterocycles. The first kappa shape index (κ1) is 15.8. The van der Waals surface area contributed by atoms with Gasteiger partial charge in [-0.3, -0.25) is 10.1 Å². The van der Waals surface area contributed by atoms with Crippen LogP contribution in [0.15, 0.2) is 68.4 Å². The summed E-state index contributed by atoms with van der Waals surface area (Å²) in [4.78, 5) is 12.9. The average molecular weight is 390 g/mol. The third kappa shape index (κ3) is 4.43. The van der Waals surface area contributed by atoms with Crippen LogP contribution in [0.2, 0.25) is 0 Å². The highest BCUT2D eigenvalue weighted by Crippen LogP contribution is 2.23. The second-order valence-corrected chi connectivity index (χ2v) is 6.54. The molecule has 3 rings (SSSR count). The minimum atomic E-state index is -0.191. The number of benzene rings is 2. The number of carbonyl (C=O) groups is 1. The molecule has 1 N–H and O–H groups in total. The number of halogens is 1. The molecule has 1 amide bonds. The third-order valence-corrected chi connectivity index (χ3v) is 4.36. The van der Waals surface area contributed by atoms with Gasteiger partial charge in [-0.1, -0.05) is 45.3 Å². The first-order valence-corrected chi connectivity index (χ1v) is 8.56. The van der Waals surface area contributed by atoms with Crippen molar-refractivity contribution in [3.8, 4) is 11.5 Å². The zero-order valence-corrected chi connectivity index (χ0v) is 14.3. The minimum absolute atomic E-state index is 0.0960. The molecule has 116 valence electrons. The summed E-state index contributed by atoms with van der Waals surface area (Å²) in [5, 5.41) is 10.4. The molecule has 0 spiro atoms. The van der Waals surface area contributed by atoms with Crippen LogP contribution < -0.4 is 5.32 Å². The summed E-state index contributed by atoms with van der Waals surface area (Å²) in [6.45, 7) is 0. The molecule has 0 aliphatic carbocycles. The highest BCUT2D eigenvalue weighted by Gasteiger charge is 2.11. The number of thioether (sulfide) groups is 1. The van der Waals surface area contributed by atoms with E-state index >= 15 is 0 Å². The van der Waals surface area contributed by atoms with Crippen LogP contribution in [0.4, 0.5) is 6.01 Å². The van der Waals surface area contributed by atoms with Crippen molar-refractivity contribution in [1.29, 1.82) is 0 Å². The predicted octanol–water partition coefficient (Wildman–Crippen LogP) is 4.23. The fraction of sp³-hybridized carbons (Fsp3) is 0.0625. The number of anilines is 1. The van der Waals surface area contributed by atoms with E-state index < -0.39 is 0 Å².